The first-order valence-corrected chi connectivity index (χ1v) is 9.88. The van der Waals surface area contributed by atoms with Crippen LogP contribution in [0.1, 0.15) is 38.5 Å². The number of carboxylic acids is 1. The minimum absolute atomic E-state index is 0.0707. The molecule has 0 saturated heterocycles. The summed E-state index contributed by atoms with van der Waals surface area (Å²) < 4.78 is 0. The maximum atomic E-state index is 12.9. The molecule has 0 spiro atoms. The van der Waals surface area contributed by atoms with Crippen LogP contribution in [0.5, 0.6) is 0 Å². The van der Waals surface area contributed by atoms with E-state index in [1.54, 1.807) is 0 Å². The Morgan fingerprint density at radius 3 is 1.47 bits per heavy atom. The Labute approximate surface area is 185 Å². The fourth-order valence-corrected chi connectivity index (χ4v) is 2.70. The predicted octanol–water partition coefficient (Wildman–Crippen LogP) is -4.18. The van der Waals surface area contributed by atoms with Gasteiger partial charge in [-0.25, -0.2) is 4.79 Å². The predicted molar refractivity (Wildman–Crippen MR) is 117 cm³/mol. The number of hydrogen-bond acceptors (Lipinski definition) is 8. The van der Waals surface area contributed by atoms with Crippen LogP contribution in [-0.2, 0) is 19.2 Å². The van der Waals surface area contributed by atoms with E-state index in [1.807, 2.05) is 0 Å². The van der Waals surface area contributed by atoms with E-state index in [9.17, 15) is 24.3 Å². The quantitative estimate of drug-likeness (QED) is 0.0660. The monoisotopic (exact) mass is 458 g/mol. The molecule has 0 bridgehead atoms. The number of nitrogens with two attached hydrogens (primary N) is 7. The smallest absolute Gasteiger partial charge is 0.326 e. The highest BCUT2D eigenvalue weighted by Crippen LogP contribution is 2.15. The first-order valence-electron chi connectivity index (χ1n) is 9.88. The molecule has 3 unspecified atom stereocenters. The average molecular weight is 459 g/mol. The normalized spacial score (nSPS) is 13.3. The summed E-state index contributed by atoms with van der Waals surface area (Å²) in [6.07, 6.45) is -0.00744. The molecule has 15 N–H and O–H groups in total. The van der Waals surface area contributed by atoms with Crippen molar-refractivity contribution in [3.8, 4) is 0 Å². The van der Waals surface area contributed by atoms with Crippen LogP contribution < -0.4 is 40.1 Å². The molecule has 15 nitrogen and oxygen atoms in total. The second-order valence-corrected chi connectivity index (χ2v) is 7.02. The second-order valence-electron chi connectivity index (χ2n) is 7.02. The van der Waals surface area contributed by atoms with E-state index in [2.05, 4.69) is 9.98 Å². The summed E-state index contributed by atoms with van der Waals surface area (Å²) in [7, 11) is 0. The summed E-state index contributed by atoms with van der Waals surface area (Å²) in [6.45, 7) is 0.372. The van der Waals surface area contributed by atoms with Crippen molar-refractivity contribution in [2.45, 2.75) is 56.7 Å². The number of aliphatic imine (C=N–C) groups is 2. The van der Waals surface area contributed by atoms with E-state index in [-0.39, 0.29) is 50.7 Å². The van der Waals surface area contributed by atoms with E-state index in [4.69, 9.17) is 40.1 Å². The number of carbonyl (C=O) groups excluding carboxylic acids is 3. The van der Waals surface area contributed by atoms with Gasteiger partial charge in [0.25, 0.3) is 0 Å². The van der Waals surface area contributed by atoms with Crippen molar-refractivity contribution >= 4 is 35.6 Å². The number of amides is 3. The van der Waals surface area contributed by atoms with E-state index in [0.717, 1.165) is 0 Å². The highest BCUT2D eigenvalue weighted by atomic mass is 16.4. The SMILES string of the molecule is NC(=O)CCC(C(=O)O)N(C(=O)C(N)CCCN=C(N)N)C(=O)C(N)CCCN=C(N)N. The minimum Gasteiger partial charge on any atom is -0.480 e. The molecule has 0 aliphatic heterocycles. The molecule has 182 valence electrons. The highest BCUT2D eigenvalue weighted by molar-refractivity contribution is 6.03. The van der Waals surface area contributed by atoms with Crippen LogP contribution in [0.15, 0.2) is 9.98 Å². The molecule has 15 heteroatoms. The Balaban J connectivity index is 5.55. The number of hydrogen-bond donors (Lipinski definition) is 8. The van der Waals surface area contributed by atoms with Crippen LogP contribution >= 0.6 is 0 Å². The summed E-state index contributed by atoms with van der Waals surface area (Å²) in [5, 5.41) is 9.60. The lowest BCUT2D eigenvalue weighted by molar-refractivity contribution is -0.160. The number of carbonyl (C=O) groups is 4. The van der Waals surface area contributed by atoms with Gasteiger partial charge in [0.1, 0.15) is 6.04 Å². The molecule has 0 aliphatic carbocycles. The van der Waals surface area contributed by atoms with Gasteiger partial charge in [-0.05, 0) is 32.1 Å². The molecule has 3 amide bonds. The first-order chi connectivity index (χ1) is 14.9. The minimum atomic E-state index is -1.67. The molecular formula is C17H34N10O5. The number of rotatable bonds is 15. The zero-order valence-electron chi connectivity index (χ0n) is 17.9. The number of carboxylic acid groups (broad SMARTS) is 1. The summed E-state index contributed by atoms with van der Waals surface area (Å²) in [5.41, 5.74) is 37.8. The number of guanidine groups is 2. The Morgan fingerprint density at radius 2 is 1.16 bits per heavy atom. The number of nitrogens with zero attached hydrogens (tertiary/aromatic N) is 3. The van der Waals surface area contributed by atoms with Gasteiger partial charge in [-0.1, -0.05) is 0 Å². The molecule has 0 aromatic carbocycles. The van der Waals surface area contributed by atoms with Gasteiger partial charge in [-0.15, -0.1) is 0 Å². The Kier molecular flexibility index (Phi) is 13.0. The van der Waals surface area contributed by atoms with Crippen LogP contribution in [-0.4, -0.2) is 76.8 Å². The zero-order valence-corrected chi connectivity index (χ0v) is 17.9. The summed E-state index contributed by atoms with van der Waals surface area (Å²) in [4.78, 5) is 56.8. The maximum Gasteiger partial charge on any atom is 0.326 e. The van der Waals surface area contributed by atoms with Crippen LogP contribution in [0.25, 0.3) is 0 Å². The first kappa shape index (κ1) is 28.5. The summed E-state index contributed by atoms with van der Waals surface area (Å²) >= 11 is 0. The third-order valence-corrected chi connectivity index (χ3v) is 4.31. The number of primary amides is 1. The van der Waals surface area contributed by atoms with Crippen LogP contribution in [0.2, 0.25) is 0 Å². The third-order valence-electron chi connectivity index (χ3n) is 4.31. The maximum absolute atomic E-state index is 12.9. The molecule has 3 atom stereocenters. The molecule has 32 heavy (non-hydrogen) atoms. The fraction of sp³-hybridized carbons (Fsp3) is 0.647. The summed E-state index contributed by atoms with van der Waals surface area (Å²) in [6, 6.07) is -4.12. The van der Waals surface area contributed by atoms with Crippen molar-refractivity contribution < 1.29 is 24.3 Å². The lowest BCUT2D eigenvalue weighted by Gasteiger charge is -2.31. The number of imide groups is 1. The highest BCUT2D eigenvalue weighted by Gasteiger charge is 2.38. The van der Waals surface area contributed by atoms with Crippen molar-refractivity contribution in [3.63, 3.8) is 0 Å². The van der Waals surface area contributed by atoms with E-state index in [1.165, 1.54) is 0 Å². The van der Waals surface area contributed by atoms with Crippen molar-refractivity contribution in [3.05, 3.63) is 0 Å². The van der Waals surface area contributed by atoms with E-state index in [0.29, 0.717) is 17.7 Å². The largest absolute Gasteiger partial charge is 0.480 e. The standard InChI is InChI=1S/C17H34N10O5/c18-9(3-1-7-25-16(21)22)13(29)27(11(15(31)32)5-6-12(20)28)14(30)10(19)4-2-8-26-17(23)24/h9-11H,1-8,18-19H2,(H2,20,28)(H,31,32)(H4,21,22,25)(H4,23,24,26). The lowest BCUT2D eigenvalue weighted by Crippen LogP contribution is -2.58. The van der Waals surface area contributed by atoms with Gasteiger partial charge in [0, 0.05) is 19.5 Å². The molecule has 0 aromatic heterocycles. The van der Waals surface area contributed by atoms with E-state index >= 15 is 0 Å². The number of aliphatic carboxylic acids is 1. The van der Waals surface area contributed by atoms with Gasteiger partial charge in [-0.3, -0.25) is 29.3 Å². The molecule has 0 rings (SSSR count). The molecule has 0 aromatic rings. The van der Waals surface area contributed by atoms with Crippen molar-refractivity contribution in [2.24, 2.45) is 50.1 Å². The molecule has 0 aliphatic rings. The van der Waals surface area contributed by atoms with Crippen molar-refractivity contribution in [2.75, 3.05) is 13.1 Å². The second kappa shape index (κ2) is 14.5. The Morgan fingerprint density at radius 1 is 0.750 bits per heavy atom. The zero-order chi connectivity index (χ0) is 24.8. The third kappa shape index (κ3) is 11.1. The fourth-order valence-electron chi connectivity index (χ4n) is 2.70. The van der Waals surface area contributed by atoms with Gasteiger partial charge in [0.05, 0.1) is 12.1 Å². The summed E-state index contributed by atoms with van der Waals surface area (Å²) in [5.74, 6) is -4.46. The van der Waals surface area contributed by atoms with Gasteiger partial charge in [-0.2, -0.15) is 0 Å². The van der Waals surface area contributed by atoms with E-state index < -0.39 is 41.8 Å². The molecule has 0 radical (unpaired) electrons. The van der Waals surface area contributed by atoms with Gasteiger partial charge in [0.15, 0.2) is 11.9 Å². The van der Waals surface area contributed by atoms with Gasteiger partial charge >= 0.3 is 5.97 Å². The van der Waals surface area contributed by atoms with Crippen LogP contribution in [0.4, 0.5) is 0 Å². The topological polar surface area (TPSA) is 299 Å². The lowest BCUT2D eigenvalue weighted by atomic mass is 10.0. The Hall–Kier alpha value is -3.46. The van der Waals surface area contributed by atoms with Crippen molar-refractivity contribution in [1.29, 1.82) is 0 Å². The molecule has 0 saturated carbocycles. The molecular weight excluding hydrogens is 424 g/mol. The molecule has 0 heterocycles. The van der Waals surface area contributed by atoms with Gasteiger partial charge < -0.3 is 45.2 Å². The Bertz CT molecular complexity index is 677. The van der Waals surface area contributed by atoms with Crippen molar-refractivity contribution in [1.82, 2.24) is 4.90 Å². The van der Waals surface area contributed by atoms with Crippen LogP contribution in [0, 0.1) is 0 Å². The average Bonchev–Trinajstić information content (AvgIpc) is 2.69. The van der Waals surface area contributed by atoms with Gasteiger partial charge in [0.2, 0.25) is 17.7 Å². The van der Waals surface area contributed by atoms with Crippen LogP contribution in [0.3, 0.4) is 0 Å². The molecule has 0 fully saturated rings.